The smallest absolute Gasteiger partial charge is 0.112 e. The third-order valence-corrected chi connectivity index (χ3v) is 4.81. The number of H-pyrrole nitrogens is 1. The Morgan fingerprint density at radius 2 is 1.71 bits per heavy atom. The highest BCUT2D eigenvalue weighted by Gasteiger charge is 2.08. The molecule has 2 aromatic heterocycles. The maximum absolute atomic E-state index is 8.88. The highest BCUT2D eigenvalue weighted by molar-refractivity contribution is 6.33. The van der Waals surface area contributed by atoms with Gasteiger partial charge in [-0.2, -0.15) is 5.26 Å². The summed E-state index contributed by atoms with van der Waals surface area (Å²) in [5.41, 5.74) is 5.65. The molecule has 0 aliphatic heterocycles. The Balaban J connectivity index is 1.46. The molecule has 0 amide bonds. The maximum atomic E-state index is 8.88. The quantitative estimate of drug-likeness (QED) is 0.515. The van der Waals surface area contributed by atoms with Gasteiger partial charge in [0, 0.05) is 42.2 Å². The number of halogens is 1. The topological polar surface area (TPSA) is 65.4 Å². The van der Waals surface area contributed by atoms with Gasteiger partial charge in [-0.3, -0.25) is 4.98 Å². The van der Waals surface area contributed by atoms with Crippen LogP contribution in [0.3, 0.4) is 0 Å². The van der Waals surface area contributed by atoms with E-state index in [9.17, 15) is 0 Å². The van der Waals surface area contributed by atoms with E-state index in [1.807, 2.05) is 73.1 Å². The van der Waals surface area contributed by atoms with Crippen LogP contribution in [0.15, 0.2) is 73.1 Å². The fourth-order valence-electron chi connectivity index (χ4n) is 3.07. The van der Waals surface area contributed by atoms with Gasteiger partial charge in [0.25, 0.3) is 0 Å². The van der Waals surface area contributed by atoms with Crippen LogP contribution in [0.5, 0.6) is 0 Å². The third kappa shape index (κ3) is 4.11. The van der Waals surface area contributed by atoms with Crippen molar-refractivity contribution in [2.75, 3.05) is 0 Å². The second kappa shape index (κ2) is 8.08. The normalized spacial score (nSPS) is 10.6. The van der Waals surface area contributed by atoms with E-state index in [1.54, 1.807) is 0 Å². The summed E-state index contributed by atoms with van der Waals surface area (Å²) in [7, 11) is 0. The molecule has 0 spiro atoms. The van der Waals surface area contributed by atoms with E-state index in [0.29, 0.717) is 17.0 Å². The van der Waals surface area contributed by atoms with Gasteiger partial charge in [-0.15, -0.1) is 0 Å². The zero-order valence-electron chi connectivity index (χ0n) is 15.1. The molecule has 0 unspecified atom stereocenters. The average Bonchev–Trinajstić information content (AvgIpc) is 3.16. The summed E-state index contributed by atoms with van der Waals surface area (Å²) in [6, 6.07) is 21.6. The predicted molar refractivity (Wildman–Crippen MR) is 110 cm³/mol. The molecule has 4 aromatic rings. The first-order valence-electron chi connectivity index (χ1n) is 8.93. The minimum atomic E-state index is 0.585. The van der Waals surface area contributed by atoms with Crippen molar-refractivity contribution >= 4 is 11.6 Å². The Kier molecular flexibility index (Phi) is 5.18. The standard InChI is InChI=1S/C23H17ClN4/c24-22-11-19(26-15-21(22)18-4-2-1-3-5-18)12-23-27-14-20(28-23)10-16-6-8-17(13-25)9-7-16/h1-9,11,14-15H,10,12H2,(H,27,28). The molecule has 136 valence electrons. The van der Waals surface area contributed by atoms with Crippen LogP contribution in [0.2, 0.25) is 5.02 Å². The van der Waals surface area contributed by atoms with Crippen molar-refractivity contribution in [2.24, 2.45) is 0 Å². The number of pyridine rings is 1. The van der Waals surface area contributed by atoms with Gasteiger partial charge in [0.1, 0.15) is 5.82 Å². The predicted octanol–water partition coefficient (Wildman–Crippen LogP) is 5.18. The van der Waals surface area contributed by atoms with Crippen LogP contribution in [0.25, 0.3) is 11.1 Å². The zero-order valence-corrected chi connectivity index (χ0v) is 15.8. The number of aromatic amines is 1. The molecule has 0 bridgehead atoms. The summed E-state index contributed by atoms with van der Waals surface area (Å²) in [4.78, 5) is 12.4. The van der Waals surface area contributed by atoms with Gasteiger partial charge in [0.05, 0.1) is 16.7 Å². The number of nitriles is 1. The minimum absolute atomic E-state index is 0.585. The van der Waals surface area contributed by atoms with E-state index in [1.165, 1.54) is 0 Å². The average molecular weight is 385 g/mol. The summed E-state index contributed by atoms with van der Waals surface area (Å²) < 4.78 is 0. The molecule has 4 nitrogen and oxygen atoms in total. The number of rotatable bonds is 5. The molecule has 0 saturated carbocycles. The van der Waals surface area contributed by atoms with Crippen LogP contribution in [0.1, 0.15) is 28.3 Å². The Morgan fingerprint density at radius 1 is 0.929 bits per heavy atom. The van der Waals surface area contributed by atoms with Gasteiger partial charge in [-0.05, 0) is 29.3 Å². The van der Waals surface area contributed by atoms with E-state index in [2.05, 4.69) is 21.0 Å². The molecule has 0 fully saturated rings. The van der Waals surface area contributed by atoms with Crippen LogP contribution in [-0.2, 0) is 12.8 Å². The van der Waals surface area contributed by atoms with Crippen LogP contribution >= 0.6 is 11.6 Å². The minimum Gasteiger partial charge on any atom is -0.345 e. The van der Waals surface area contributed by atoms with Gasteiger partial charge in [-0.25, -0.2) is 4.98 Å². The van der Waals surface area contributed by atoms with E-state index < -0.39 is 0 Å². The number of hydrogen-bond donors (Lipinski definition) is 1. The first-order valence-corrected chi connectivity index (χ1v) is 9.31. The lowest BCUT2D eigenvalue weighted by atomic mass is 10.1. The molecule has 5 heteroatoms. The molecular formula is C23H17ClN4. The molecule has 28 heavy (non-hydrogen) atoms. The highest BCUT2D eigenvalue weighted by atomic mass is 35.5. The van der Waals surface area contributed by atoms with Crippen molar-refractivity contribution in [1.29, 1.82) is 5.26 Å². The first kappa shape index (κ1) is 18.0. The van der Waals surface area contributed by atoms with Crippen LogP contribution < -0.4 is 0 Å². The molecule has 2 heterocycles. The summed E-state index contributed by atoms with van der Waals surface area (Å²) in [6.45, 7) is 0. The van der Waals surface area contributed by atoms with Gasteiger partial charge in [-0.1, -0.05) is 54.1 Å². The fourth-order valence-corrected chi connectivity index (χ4v) is 3.36. The number of imidazole rings is 1. The van der Waals surface area contributed by atoms with Crippen molar-refractivity contribution in [3.05, 3.63) is 106 Å². The van der Waals surface area contributed by atoms with Crippen LogP contribution in [-0.4, -0.2) is 15.0 Å². The Morgan fingerprint density at radius 3 is 2.43 bits per heavy atom. The van der Waals surface area contributed by atoms with Crippen molar-refractivity contribution in [3.63, 3.8) is 0 Å². The Bertz CT molecular complexity index is 1130. The molecular weight excluding hydrogens is 368 g/mol. The van der Waals surface area contributed by atoms with Crippen LogP contribution in [0.4, 0.5) is 0 Å². The van der Waals surface area contributed by atoms with E-state index >= 15 is 0 Å². The SMILES string of the molecule is N#Cc1ccc(Cc2cnc(Cc3cc(Cl)c(-c4ccccc4)cn3)[nH]2)cc1. The molecule has 0 atom stereocenters. The number of hydrogen-bond acceptors (Lipinski definition) is 3. The van der Waals surface area contributed by atoms with E-state index in [0.717, 1.165) is 40.3 Å². The molecule has 0 aliphatic rings. The number of nitrogens with zero attached hydrogens (tertiary/aromatic N) is 3. The second-order valence-corrected chi connectivity index (χ2v) is 6.95. The monoisotopic (exact) mass is 384 g/mol. The molecule has 4 rings (SSSR count). The van der Waals surface area contributed by atoms with Crippen molar-refractivity contribution in [2.45, 2.75) is 12.8 Å². The number of nitrogens with one attached hydrogen (secondary N) is 1. The van der Waals surface area contributed by atoms with Gasteiger partial charge < -0.3 is 4.98 Å². The Labute approximate surface area is 168 Å². The van der Waals surface area contributed by atoms with Crippen molar-refractivity contribution < 1.29 is 0 Å². The second-order valence-electron chi connectivity index (χ2n) is 6.54. The summed E-state index contributed by atoms with van der Waals surface area (Å²) in [5.74, 6) is 0.847. The summed E-state index contributed by atoms with van der Waals surface area (Å²) >= 11 is 6.47. The highest BCUT2D eigenvalue weighted by Crippen LogP contribution is 2.27. The third-order valence-electron chi connectivity index (χ3n) is 4.50. The van der Waals surface area contributed by atoms with E-state index in [4.69, 9.17) is 16.9 Å². The van der Waals surface area contributed by atoms with E-state index in [-0.39, 0.29) is 0 Å². The van der Waals surface area contributed by atoms with Gasteiger partial charge >= 0.3 is 0 Å². The largest absolute Gasteiger partial charge is 0.345 e. The Hall–Kier alpha value is -3.42. The van der Waals surface area contributed by atoms with Crippen molar-refractivity contribution in [3.8, 4) is 17.2 Å². The summed E-state index contributed by atoms with van der Waals surface area (Å²) in [6.07, 6.45) is 4.98. The lowest BCUT2D eigenvalue weighted by molar-refractivity contribution is 0.963. The molecule has 0 radical (unpaired) electrons. The fraction of sp³-hybridized carbons (Fsp3) is 0.0870. The van der Waals surface area contributed by atoms with Gasteiger partial charge in [0.15, 0.2) is 0 Å². The number of benzene rings is 2. The lowest BCUT2D eigenvalue weighted by Gasteiger charge is -2.06. The summed E-state index contributed by atoms with van der Waals surface area (Å²) in [5, 5.41) is 9.56. The molecule has 0 aliphatic carbocycles. The maximum Gasteiger partial charge on any atom is 0.112 e. The van der Waals surface area contributed by atoms with Gasteiger partial charge in [0.2, 0.25) is 0 Å². The first-order chi connectivity index (χ1) is 13.7. The van der Waals surface area contributed by atoms with Crippen molar-refractivity contribution in [1.82, 2.24) is 15.0 Å². The molecule has 1 N–H and O–H groups in total. The van der Waals surface area contributed by atoms with Crippen LogP contribution in [0, 0.1) is 11.3 Å². The molecule has 2 aromatic carbocycles. The lowest BCUT2D eigenvalue weighted by Crippen LogP contribution is -1.96. The molecule has 0 saturated heterocycles. The number of aromatic nitrogens is 3. The zero-order chi connectivity index (χ0) is 19.3.